The molecule has 0 bridgehead atoms. The number of carbonyl (C=O) groups excluding carboxylic acids is 2. The first-order valence-corrected chi connectivity index (χ1v) is 10.8. The van der Waals surface area contributed by atoms with Crippen molar-refractivity contribution in [1.29, 1.82) is 0 Å². The topological polar surface area (TPSA) is 78.4 Å². The van der Waals surface area contributed by atoms with E-state index in [4.69, 9.17) is 0 Å². The Morgan fingerprint density at radius 2 is 1.67 bits per heavy atom. The summed E-state index contributed by atoms with van der Waals surface area (Å²) in [7, 11) is 0. The van der Waals surface area contributed by atoms with E-state index in [1.807, 2.05) is 46.8 Å². The lowest BCUT2D eigenvalue weighted by Gasteiger charge is -2.39. The van der Waals surface area contributed by atoms with Crippen LogP contribution in [0.4, 0.5) is 10.5 Å². The maximum atomic E-state index is 12.4. The van der Waals surface area contributed by atoms with Gasteiger partial charge in [-0.1, -0.05) is 18.2 Å². The first-order chi connectivity index (χ1) is 14.7. The smallest absolute Gasteiger partial charge is 0.321 e. The van der Waals surface area contributed by atoms with Gasteiger partial charge in [0, 0.05) is 67.7 Å². The lowest BCUT2D eigenvalue weighted by atomic mass is 9.91. The molecule has 0 atom stereocenters. The van der Waals surface area contributed by atoms with Gasteiger partial charge in [0.25, 0.3) is 5.91 Å². The highest BCUT2D eigenvalue weighted by Gasteiger charge is 2.34. The minimum absolute atomic E-state index is 0.00395. The van der Waals surface area contributed by atoms with Gasteiger partial charge in [0.15, 0.2) is 5.01 Å². The minimum atomic E-state index is -0.0771. The number of likely N-dealkylation sites (tertiary alicyclic amines) is 2. The molecule has 8 heteroatoms. The Morgan fingerprint density at radius 1 is 0.933 bits per heavy atom. The van der Waals surface area contributed by atoms with Crippen LogP contribution >= 0.6 is 11.3 Å². The van der Waals surface area contributed by atoms with E-state index in [9.17, 15) is 9.59 Å². The number of thiazole rings is 1. The number of pyridine rings is 1. The number of rotatable bonds is 4. The Bertz CT molecular complexity index is 1030. The van der Waals surface area contributed by atoms with Crippen LogP contribution in [0.3, 0.4) is 0 Å². The first kappa shape index (κ1) is 18.7. The molecule has 2 aliphatic rings. The normalized spacial score (nSPS) is 16.7. The largest absolute Gasteiger partial charge is 0.335 e. The maximum absolute atomic E-state index is 12.4. The number of amides is 3. The number of hydrogen-bond donors (Lipinski definition) is 1. The Hall–Kier alpha value is -3.26. The number of nitrogens with zero attached hydrogens (tertiary/aromatic N) is 4. The zero-order valence-electron chi connectivity index (χ0n) is 16.3. The fraction of sp³-hybridized carbons (Fsp3) is 0.273. The van der Waals surface area contributed by atoms with Gasteiger partial charge >= 0.3 is 6.03 Å². The molecule has 5 rings (SSSR count). The van der Waals surface area contributed by atoms with Gasteiger partial charge in [0.1, 0.15) is 0 Å². The van der Waals surface area contributed by atoms with Crippen molar-refractivity contribution in [3.05, 3.63) is 76.5 Å². The Labute approximate surface area is 178 Å². The van der Waals surface area contributed by atoms with Gasteiger partial charge in [-0.3, -0.25) is 9.78 Å². The number of carbonyl (C=O) groups is 2. The molecule has 30 heavy (non-hydrogen) atoms. The summed E-state index contributed by atoms with van der Waals surface area (Å²) in [6.45, 7) is 2.82. The third-order valence-corrected chi connectivity index (χ3v) is 6.50. The third-order valence-electron chi connectivity index (χ3n) is 5.74. The van der Waals surface area contributed by atoms with Gasteiger partial charge in [0.05, 0.1) is 0 Å². The van der Waals surface area contributed by atoms with Crippen LogP contribution in [-0.4, -0.2) is 57.9 Å². The van der Waals surface area contributed by atoms with Gasteiger partial charge in [-0.15, -0.1) is 11.3 Å². The van der Waals surface area contributed by atoms with E-state index in [0.29, 0.717) is 43.0 Å². The number of nitrogens with one attached hydrogen (secondary N) is 1. The van der Waals surface area contributed by atoms with E-state index >= 15 is 0 Å². The van der Waals surface area contributed by atoms with Crippen molar-refractivity contribution in [3.8, 4) is 0 Å². The van der Waals surface area contributed by atoms with Crippen LogP contribution in [0, 0.1) is 0 Å². The molecule has 2 saturated heterocycles. The molecule has 4 heterocycles. The molecule has 2 fully saturated rings. The lowest BCUT2D eigenvalue weighted by Crippen LogP contribution is -2.50. The highest BCUT2D eigenvalue weighted by atomic mass is 32.1. The molecule has 2 aliphatic heterocycles. The van der Waals surface area contributed by atoms with E-state index in [-0.39, 0.29) is 11.9 Å². The summed E-state index contributed by atoms with van der Waals surface area (Å²) in [5, 5.41) is 5.32. The number of anilines is 1. The zero-order chi connectivity index (χ0) is 20.5. The molecule has 0 radical (unpaired) electrons. The zero-order valence-corrected chi connectivity index (χ0v) is 17.1. The SMILES string of the molecule is O=C(Nc1ccc(C2CN(C(=O)c3nccs3)C2)cc1)N1CC(c2cccnc2)C1. The molecule has 3 amide bonds. The van der Waals surface area contributed by atoms with Crippen LogP contribution in [0.15, 0.2) is 60.4 Å². The molecule has 0 saturated carbocycles. The Morgan fingerprint density at radius 3 is 2.33 bits per heavy atom. The molecule has 2 aromatic heterocycles. The second kappa shape index (κ2) is 7.87. The van der Waals surface area contributed by atoms with Crippen molar-refractivity contribution in [1.82, 2.24) is 19.8 Å². The molecular weight excluding hydrogens is 398 g/mol. The summed E-state index contributed by atoms with van der Waals surface area (Å²) >= 11 is 1.37. The molecule has 1 N–H and O–H groups in total. The second-order valence-electron chi connectivity index (χ2n) is 7.68. The summed E-state index contributed by atoms with van der Waals surface area (Å²) < 4.78 is 0. The summed E-state index contributed by atoms with van der Waals surface area (Å²) in [6, 6.07) is 11.8. The molecule has 0 spiro atoms. The Balaban J connectivity index is 1.10. The Kier molecular flexibility index (Phi) is 4.92. The highest BCUT2D eigenvalue weighted by molar-refractivity contribution is 7.11. The van der Waals surface area contributed by atoms with Crippen molar-refractivity contribution in [3.63, 3.8) is 0 Å². The van der Waals surface area contributed by atoms with Gasteiger partial charge < -0.3 is 15.1 Å². The molecule has 1 aromatic carbocycles. The second-order valence-corrected chi connectivity index (χ2v) is 8.58. The summed E-state index contributed by atoms with van der Waals surface area (Å²) in [5.74, 6) is 0.694. The monoisotopic (exact) mass is 419 g/mol. The van der Waals surface area contributed by atoms with Crippen LogP contribution in [-0.2, 0) is 0 Å². The van der Waals surface area contributed by atoms with Crippen molar-refractivity contribution < 1.29 is 9.59 Å². The average molecular weight is 420 g/mol. The first-order valence-electron chi connectivity index (χ1n) is 9.92. The van der Waals surface area contributed by atoms with Gasteiger partial charge in [0.2, 0.25) is 0 Å². The van der Waals surface area contributed by atoms with Crippen LogP contribution in [0.1, 0.15) is 32.8 Å². The number of urea groups is 1. The molecule has 0 aliphatic carbocycles. The van der Waals surface area contributed by atoms with Crippen LogP contribution in [0.2, 0.25) is 0 Å². The maximum Gasteiger partial charge on any atom is 0.321 e. The van der Waals surface area contributed by atoms with Gasteiger partial charge in [-0.2, -0.15) is 0 Å². The van der Waals surface area contributed by atoms with E-state index in [2.05, 4.69) is 21.4 Å². The predicted molar refractivity (Wildman–Crippen MR) is 115 cm³/mol. The number of benzene rings is 1. The van der Waals surface area contributed by atoms with Crippen molar-refractivity contribution in [2.75, 3.05) is 31.5 Å². The highest BCUT2D eigenvalue weighted by Crippen LogP contribution is 2.30. The van der Waals surface area contributed by atoms with Crippen molar-refractivity contribution in [2.45, 2.75) is 11.8 Å². The third kappa shape index (κ3) is 3.66. The average Bonchev–Trinajstić information content (AvgIpc) is 3.23. The summed E-state index contributed by atoms with van der Waals surface area (Å²) in [4.78, 5) is 36.6. The van der Waals surface area contributed by atoms with Crippen molar-refractivity contribution in [2.24, 2.45) is 0 Å². The lowest BCUT2D eigenvalue weighted by molar-refractivity contribution is 0.0602. The fourth-order valence-corrected chi connectivity index (χ4v) is 4.44. The summed E-state index contributed by atoms with van der Waals surface area (Å²) in [6.07, 6.45) is 5.28. The molecule has 0 unspecified atom stereocenters. The van der Waals surface area contributed by atoms with Crippen LogP contribution in [0.25, 0.3) is 0 Å². The quantitative estimate of drug-likeness (QED) is 0.703. The standard InChI is InChI=1S/C22H21N5O2S/c28-21(20-24-8-9-30-20)26-11-17(12-26)15-3-5-19(6-4-15)25-22(29)27-13-18(14-27)16-2-1-7-23-10-16/h1-10,17-18H,11-14H2,(H,25,29). The van der Waals surface area contributed by atoms with E-state index < -0.39 is 0 Å². The fourth-order valence-electron chi connectivity index (χ4n) is 3.83. The number of aromatic nitrogens is 2. The van der Waals surface area contributed by atoms with Gasteiger partial charge in [-0.25, -0.2) is 9.78 Å². The van der Waals surface area contributed by atoms with E-state index in [1.165, 1.54) is 22.5 Å². The molecule has 3 aromatic rings. The van der Waals surface area contributed by atoms with Crippen LogP contribution in [0.5, 0.6) is 0 Å². The van der Waals surface area contributed by atoms with Crippen molar-refractivity contribution >= 4 is 29.0 Å². The minimum Gasteiger partial charge on any atom is -0.335 e. The van der Waals surface area contributed by atoms with E-state index in [1.54, 1.807) is 17.3 Å². The summed E-state index contributed by atoms with van der Waals surface area (Å²) in [5.41, 5.74) is 3.13. The van der Waals surface area contributed by atoms with Crippen LogP contribution < -0.4 is 5.32 Å². The van der Waals surface area contributed by atoms with Gasteiger partial charge in [-0.05, 0) is 29.3 Å². The van der Waals surface area contributed by atoms with E-state index in [0.717, 1.165) is 5.69 Å². The number of hydrogen-bond acceptors (Lipinski definition) is 5. The molecular formula is C22H21N5O2S. The predicted octanol–water partition coefficient (Wildman–Crippen LogP) is 3.41. The molecule has 7 nitrogen and oxygen atoms in total. The molecule has 152 valence electrons.